The van der Waals surface area contributed by atoms with Crippen LogP contribution >= 0.6 is 34.8 Å². The zero-order valence-electron chi connectivity index (χ0n) is 26.3. The van der Waals surface area contributed by atoms with E-state index in [1.54, 1.807) is 24.3 Å². The van der Waals surface area contributed by atoms with E-state index in [9.17, 15) is 19.5 Å². The van der Waals surface area contributed by atoms with Crippen molar-refractivity contribution in [3.05, 3.63) is 92.9 Å². The Bertz CT molecular complexity index is 2130. The fourth-order valence-electron chi connectivity index (χ4n) is 6.00. The predicted molar refractivity (Wildman–Crippen MR) is 189 cm³/mol. The Morgan fingerprint density at radius 2 is 1.57 bits per heavy atom. The number of methoxy groups -OCH3 is 2. The molecule has 2 amide bonds. The number of rotatable bonds is 10. The summed E-state index contributed by atoms with van der Waals surface area (Å²) in [5, 5.41) is 14.3. The molecule has 0 saturated carbocycles. The second kappa shape index (κ2) is 14.3. The Labute approximate surface area is 296 Å². The molecule has 1 unspecified atom stereocenters. The molecule has 5 aromatic rings. The van der Waals surface area contributed by atoms with Crippen LogP contribution in [0.15, 0.2) is 66.7 Å². The van der Waals surface area contributed by atoms with E-state index in [1.807, 2.05) is 36.4 Å². The van der Waals surface area contributed by atoms with Gasteiger partial charge < -0.3 is 24.8 Å². The molecule has 2 N–H and O–H groups in total. The number of aromatic nitrogens is 2. The molecule has 1 saturated heterocycles. The van der Waals surface area contributed by atoms with E-state index in [4.69, 9.17) is 49.3 Å². The molecule has 1 atom stereocenters. The van der Waals surface area contributed by atoms with E-state index in [0.29, 0.717) is 95.6 Å². The zero-order chi connectivity index (χ0) is 34.8. The molecule has 0 radical (unpaired) electrons. The third-order valence-electron chi connectivity index (χ3n) is 8.37. The highest BCUT2D eigenvalue weighted by atomic mass is 35.5. The number of carbonyl (C=O) groups is 3. The van der Waals surface area contributed by atoms with Crippen molar-refractivity contribution in [3.8, 4) is 45.3 Å². The van der Waals surface area contributed by atoms with Gasteiger partial charge in [-0.3, -0.25) is 9.59 Å². The summed E-state index contributed by atoms with van der Waals surface area (Å²) in [6, 6.07) is 19.4. The lowest BCUT2D eigenvalue weighted by molar-refractivity contribution is -0.119. The Kier molecular flexibility index (Phi) is 9.91. The number of carbonyl (C=O) groups excluding carboxylic acids is 2. The summed E-state index contributed by atoms with van der Waals surface area (Å²) in [4.78, 5) is 45.9. The molecule has 0 bridgehead atoms. The lowest BCUT2D eigenvalue weighted by Crippen LogP contribution is -2.41. The predicted octanol–water partition coefficient (Wildman–Crippen LogP) is 8.18. The summed E-state index contributed by atoms with van der Waals surface area (Å²) in [6.45, 7) is 0.171. The van der Waals surface area contributed by atoms with Gasteiger partial charge in [-0.1, -0.05) is 71.2 Å². The molecule has 10 nitrogen and oxygen atoms in total. The number of aldehydes is 1. The molecule has 1 aliphatic heterocycles. The summed E-state index contributed by atoms with van der Waals surface area (Å²) in [5.74, 6) is 0.546. The topological polar surface area (TPSA) is 131 Å². The minimum atomic E-state index is -1.11. The fraction of sp³-hybridized carbons (Fsp3) is 0.194. The Morgan fingerprint density at radius 3 is 2.14 bits per heavy atom. The summed E-state index contributed by atoms with van der Waals surface area (Å²) in [7, 11) is 2.95. The van der Waals surface area contributed by atoms with Gasteiger partial charge in [0, 0.05) is 52.2 Å². The number of pyridine rings is 2. The average Bonchev–Trinajstić information content (AvgIpc) is 3.52. The molecule has 2 aromatic heterocycles. The van der Waals surface area contributed by atoms with Crippen LogP contribution < -0.4 is 14.8 Å². The summed E-state index contributed by atoms with van der Waals surface area (Å²) < 4.78 is 11.0. The highest BCUT2D eigenvalue weighted by molar-refractivity contribution is 6.39. The van der Waals surface area contributed by atoms with Gasteiger partial charge in [-0.2, -0.15) is 0 Å². The van der Waals surface area contributed by atoms with Crippen LogP contribution in [0.2, 0.25) is 15.1 Å². The molecule has 1 aliphatic rings. The summed E-state index contributed by atoms with van der Waals surface area (Å²) >= 11 is 20.6. The van der Waals surface area contributed by atoms with E-state index >= 15 is 0 Å². The number of nitrogens with one attached hydrogen (secondary N) is 1. The van der Waals surface area contributed by atoms with Crippen molar-refractivity contribution in [1.82, 2.24) is 20.2 Å². The van der Waals surface area contributed by atoms with Crippen LogP contribution in [0.1, 0.15) is 28.8 Å². The van der Waals surface area contributed by atoms with Crippen molar-refractivity contribution in [2.24, 2.45) is 0 Å². The van der Waals surface area contributed by atoms with Crippen LogP contribution in [0.4, 0.5) is 4.79 Å². The minimum absolute atomic E-state index is 0.0212. The van der Waals surface area contributed by atoms with Gasteiger partial charge in [-0.25, -0.2) is 14.8 Å². The van der Waals surface area contributed by atoms with E-state index in [2.05, 4.69) is 10.3 Å². The van der Waals surface area contributed by atoms with Gasteiger partial charge >= 0.3 is 6.09 Å². The number of hydrogen-bond donors (Lipinski definition) is 2. The summed E-state index contributed by atoms with van der Waals surface area (Å²) in [6.07, 6.45) is 0.520. The number of hydrogen-bond acceptors (Lipinski definition) is 7. The molecule has 250 valence electrons. The molecule has 49 heavy (non-hydrogen) atoms. The van der Waals surface area contributed by atoms with Crippen LogP contribution in [-0.2, 0) is 11.3 Å². The Balaban J connectivity index is 1.33. The van der Waals surface area contributed by atoms with Gasteiger partial charge in [0.2, 0.25) is 11.8 Å². The molecular weight excluding hydrogens is 691 g/mol. The van der Waals surface area contributed by atoms with Crippen molar-refractivity contribution in [3.63, 3.8) is 0 Å². The van der Waals surface area contributed by atoms with Crippen molar-refractivity contribution in [2.45, 2.75) is 25.4 Å². The maximum absolute atomic E-state index is 12.0. The van der Waals surface area contributed by atoms with Gasteiger partial charge in [0.25, 0.3) is 0 Å². The van der Waals surface area contributed by atoms with E-state index < -0.39 is 6.09 Å². The SMILES string of the molecule is COc1nc(-c2cccc(-c3cccc(-c4ccc5c(OC)c(C=O)cc(Cl)c5n4)c3Cl)c2Cl)ccc1CN(CC1CCC(=O)N1)C(=O)O. The van der Waals surface area contributed by atoms with Gasteiger partial charge in [0.15, 0.2) is 6.29 Å². The molecule has 3 heterocycles. The number of benzene rings is 3. The molecule has 3 aromatic carbocycles. The standard InChI is InChI=1S/C36H29Cl3N4O6/c1-48-34-20(18-44)15-27(37)33-26(34)11-13-28(41-33)24-7-3-5-22(31(24)38)23-6-4-8-25(32(23)39)29-12-9-19(35(42-29)49-2)16-43(36(46)47)17-21-10-14-30(45)40-21/h3-9,11-13,15,18,21H,10,14,16-17H2,1-2H3,(H,40,45)(H,46,47). The van der Waals surface area contributed by atoms with Gasteiger partial charge in [-0.05, 0) is 36.8 Å². The largest absolute Gasteiger partial charge is 0.495 e. The summed E-state index contributed by atoms with van der Waals surface area (Å²) in [5.41, 5.74) is 4.98. The number of ether oxygens (including phenoxy) is 2. The fourth-order valence-corrected chi connectivity index (χ4v) is 6.91. The third-order valence-corrected chi connectivity index (χ3v) is 9.47. The molecule has 0 spiro atoms. The van der Waals surface area contributed by atoms with Gasteiger partial charge in [0.05, 0.1) is 58.3 Å². The van der Waals surface area contributed by atoms with E-state index in [0.717, 1.165) is 0 Å². The maximum Gasteiger partial charge on any atom is 0.407 e. The first-order valence-corrected chi connectivity index (χ1v) is 16.3. The van der Waals surface area contributed by atoms with Crippen LogP contribution in [0.25, 0.3) is 44.5 Å². The van der Waals surface area contributed by atoms with Crippen LogP contribution in [0, 0.1) is 0 Å². The van der Waals surface area contributed by atoms with E-state index in [-0.39, 0.29) is 30.9 Å². The van der Waals surface area contributed by atoms with Crippen LogP contribution in [-0.4, -0.2) is 65.1 Å². The lowest BCUT2D eigenvalue weighted by Gasteiger charge is -2.23. The lowest BCUT2D eigenvalue weighted by atomic mass is 9.98. The normalized spacial score (nSPS) is 14.1. The van der Waals surface area contributed by atoms with Crippen LogP contribution in [0.3, 0.4) is 0 Å². The number of fused-ring (bicyclic) bond motifs is 1. The first-order valence-electron chi connectivity index (χ1n) is 15.1. The monoisotopic (exact) mass is 718 g/mol. The van der Waals surface area contributed by atoms with Crippen LogP contribution in [0.5, 0.6) is 11.6 Å². The minimum Gasteiger partial charge on any atom is -0.495 e. The molecule has 1 fully saturated rings. The number of halogens is 3. The molecule has 6 rings (SSSR count). The van der Waals surface area contributed by atoms with Crippen molar-refractivity contribution in [1.29, 1.82) is 0 Å². The number of carboxylic acid groups (broad SMARTS) is 1. The number of nitrogens with zero attached hydrogens (tertiary/aromatic N) is 3. The number of amides is 2. The Morgan fingerprint density at radius 1 is 0.939 bits per heavy atom. The quantitative estimate of drug-likeness (QED) is 0.138. The first-order chi connectivity index (χ1) is 23.6. The average molecular weight is 720 g/mol. The first kappa shape index (κ1) is 34.0. The van der Waals surface area contributed by atoms with Gasteiger partial charge in [-0.15, -0.1) is 0 Å². The van der Waals surface area contributed by atoms with Crippen molar-refractivity contribution < 1.29 is 29.0 Å². The smallest absolute Gasteiger partial charge is 0.407 e. The second-order valence-corrected chi connectivity index (χ2v) is 12.5. The maximum atomic E-state index is 12.0. The van der Waals surface area contributed by atoms with E-state index in [1.165, 1.54) is 25.2 Å². The molecule has 0 aliphatic carbocycles. The zero-order valence-corrected chi connectivity index (χ0v) is 28.6. The highest BCUT2D eigenvalue weighted by Crippen LogP contribution is 2.43. The van der Waals surface area contributed by atoms with Crippen molar-refractivity contribution in [2.75, 3.05) is 20.8 Å². The Hall–Kier alpha value is -4.90. The second-order valence-electron chi connectivity index (χ2n) is 11.4. The molecule has 13 heteroatoms. The van der Waals surface area contributed by atoms with Crippen molar-refractivity contribution >= 4 is 64.0 Å². The van der Waals surface area contributed by atoms with Gasteiger partial charge in [0.1, 0.15) is 5.75 Å². The molecular formula is C36H29Cl3N4O6. The third kappa shape index (κ3) is 6.72. The highest BCUT2D eigenvalue weighted by Gasteiger charge is 2.26.